The fourth-order valence-corrected chi connectivity index (χ4v) is 6.48. The standard InChI is InChI=1S/C34H30N2O11S/c1-43-19-5-7-20(8-6-19)44-32-28(30(41)29(40)27(15-37)46-32)36-33(48)35-16-2-9-22-21(12-16)31(42)47-34(22)23-10-3-17(38)13-25(23)45-26-14-18(39)4-11-24(26)34/h2-14,27-30,32,37-41H,15H2,1H3,(H2,35,36,48). The van der Waals surface area contributed by atoms with Gasteiger partial charge in [0.2, 0.25) is 6.29 Å². The topological polar surface area (TPSA) is 188 Å². The third-order valence-electron chi connectivity index (χ3n) is 8.52. The van der Waals surface area contributed by atoms with Crippen molar-refractivity contribution in [2.45, 2.75) is 36.2 Å². The molecule has 0 amide bonds. The van der Waals surface area contributed by atoms with Gasteiger partial charge in [0, 0.05) is 34.5 Å². The molecule has 5 unspecified atom stereocenters. The van der Waals surface area contributed by atoms with E-state index in [0.29, 0.717) is 33.9 Å². The molecule has 7 rings (SSSR count). The first-order valence-electron chi connectivity index (χ1n) is 14.8. The second-order valence-corrected chi connectivity index (χ2v) is 11.8. The Morgan fingerprint density at radius 2 is 1.50 bits per heavy atom. The molecular formula is C34H30N2O11S. The van der Waals surface area contributed by atoms with E-state index in [1.165, 1.54) is 31.4 Å². The molecule has 248 valence electrons. The van der Waals surface area contributed by atoms with Crippen molar-refractivity contribution >= 4 is 29.0 Å². The van der Waals surface area contributed by atoms with Gasteiger partial charge >= 0.3 is 5.97 Å². The third-order valence-corrected chi connectivity index (χ3v) is 8.74. The van der Waals surface area contributed by atoms with E-state index in [0.717, 1.165) is 0 Å². The van der Waals surface area contributed by atoms with E-state index in [1.54, 1.807) is 54.6 Å². The van der Waals surface area contributed by atoms with Crippen molar-refractivity contribution < 1.29 is 54.0 Å². The van der Waals surface area contributed by atoms with Crippen molar-refractivity contribution in [2.75, 3.05) is 19.0 Å². The van der Waals surface area contributed by atoms with E-state index < -0.39 is 48.8 Å². The van der Waals surface area contributed by atoms with Crippen molar-refractivity contribution in [3.05, 3.63) is 101 Å². The molecule has 48 heavy (non-hydrogen) atoms. The van der Waals surface area contributed by atoms with Gasteiger partial charge in [-0.2, -0.15) is 0 Å². The highest BCUT2D eigenvalue weighted by molar-refractivity contribution is 7.80. The van der Waals surface area contributed by atoms with E-state index in [-0.39, 0.29) is 33.7 Å². The molecule has 3 aliphatic rings. The number of aromatic hydroxyl groups is 2. The Morgan fingerprint density at radius 1 is 0.875 bits per heavy atom. The zero-order valence-corrected chi connectivity index (χ0v) is 26.0. The van der Waals surface area contributed by atoms with Crippen LogP contribution in [0, 0.1) is 0 Å². The highest BCUT2D eigenvalue weighted by Crippen LogP contribution is 2.57. The summed E-state index contributed by atoms with van der Waals surface area (Å²) in [5.41, 5.74) is 0.668. The van der Waals surface area contributed by atoms with Crippen LogP contribution in [0.2, 0.25) is 0 Å². The molecule has 0 aliphatic carbocycles. The average Bonchev–Trinajstić information content (AvgIpc) is 3.35. The smallest absolute Gasteiger partial charge is 0.340 e. The fourth-order valence-electron chi connectivity index (χ4n) is 6.23. The molecule has 1 saturated heterocycles. The van der Waals surface area contributed by atoms with Crippen LogP contribution in [0.15, 0.2) is 78.9 Å². The quantitative estimate of drug-likeness (QED) is 0.117. The number of thiocarbonyl (C=S) groups is 1. The first-order valence-corrected chi connectivity index (χ1v) is 15.3. The Balaban J connectivity index is 1.16. The van der Waals surface area contributed by atoms with Crippen LogP contribution in [0.1, 0.15) is 27.0 Å². The lowest BCUT2D eigenvalue weighted by Gasteiger charge is -2.42. The third kappa shape index (κ3) is 5.29. The van der Waals surface area contributed by atoms with Crippen LogP contribution < -0.4 is 24.8 Å². The van der Waals surface area contributed by atoms with Crippen LogP contribution in [-0.2, 0) is 15.1 Å². The minimum Gasteiger partial charge on any atom is -0.508 e. The van der Waals surface area contributed by atoms with Crippen molar-refractivity contribution in [1.29, 1.82) is 0 Å². The molecule has 4 aromatic rings. The maximum Gasteiger partial charge on any atom is 0.340 e. The van der Waals surface area contributed by atoms with Gasteiger partial charge in [0.1, 0.15) is 58.9 Å². The molecule has 13 nitrogen and oxygen atoms in total. The van der Waals surface area contributed by atoms with E-state index >= 15 is 0 Å². The summed E-state index contributed by atoms with van der Waals surface area (Å²) < 4.78 is 29.0. The van der Waals surface area contributed by atoms with E-state index in [9.17, 15) is 30.3 Å². The second kappa shape index (κ2) is 12.2. The molecule has 0 radical (unpaired) electrons. The van der Waals surface area contributed by atoms with E-state index in [1.807, 2.05) is 0 Å². The second-order valence-electron chi connectivity index (χ2n) is 11.4. The Hall–Kier alpha value is -5.12. The maximum absolute atomic E-state index is 13.5. The Morgan fingerprint density at radius 3 is 2.12 bits per heavy atom. The minimum atomic E-state index is -1.46. The number of anilines is 1. The van der Waals surface area contributed by atoms with Crippen molar-refractivity contribution in [3.8, 4) is 34.5 Å². The molecule has 7 N–H and O–H groups in total. The van der Waals surface area contributed by atoms with Gasteiger partial charge in [-0.25, -0.2) is 4.79 Å². The number of hydrogen-bond donors (Lipinski definition) is 7. The molecule has 1 spiro atoms. The van der Waals surface area contributed by atoms with Gasteiger partial charge in [0.05, 0.1) is 19.3 Å². The predicted octanol–water partition coefficient (Wildman–Crippen LogP) is 2.85. The molecule has 0 aromatic heterocycles. The highest BCUT2D eigenvalue weighted by Gasteiger charge is 2.54. The molecule has 14 heteroatoms. The summed E-state index contributed by atoms with van der Waals surface area (Å²) in [6, 6.07) is 19.5. The van der Waals surface area contributed by atoms with Crippen LogP contribution in [-0.4, -0.2) is 81.0 Å². The number of phenols is 2. The van der Waals surface area contributed by atoms with Gasteiger partial charge in [0.25, 0.3) is 0 Å². The monoisotopic (exact) mass is 674 g/mol. The van der Waals surface area contributed by atoms with Crippen molar-refractivity contribution in [2.24, 2.45) is 0 Å². The number of ether oxygens (including phenoxy) is 5. The number of fused-ring (bicyclic) bond motifs is 6. The maximum atomic E-state index is 13.5. The number of esters is 1. The van der Waals surface area contributed by atoms with Crippen LogP contribution in [0.3, 0.4) is 0 Å². The number of nitrogens with one attached hydrogen (secondary N) is 2. The van der Waals surface area contributed by atoms with Crippen molar-refractivity contribution in [1.82, 2.24) is 5.32 Å². The largest absolute Gasteiger partial charge is 0.508 e. The zero-order chi connectivity index (χ0) is 33.7. The number of hydrogen-bond acceptors (Lipinski definition) is 12. The number of aliphatic hydroxyl groups is 3. The number of phenolic OH excluding ortho intramolecular Hbond substituents is 2. The number of carbonyl (C=O) groups excluding carboxylic acids is 1. The summed E-state index contributed by atoms with van der Waals surface area (Å²) in [5.74, 6) is 0.750. The zero-order valence-electron chi connectivity index (χ0n) is 25.2. The molecule has 3 heterocycles. The molecule has 3 aliphatic heterocycles. The van der Waals surface area contributed by atoms with E-state index in [2.05, 4.69) is 10.6 Å². The molecule has 1 fully saturated rings. The lowest BCUT2D eigenvalue weighted by atomic mass is 9.77. The lowest BCUT2D eigenvalue weighted by Crippen LogP contribution is -2.65. The molecule has 5 atom stereocenters. The van der Waals surface area contributed by atoms with Crippen LogP contribution in [0.4, 0.5) is 5.69 Å². The first-order chi connectivity index (χ1) is 23.1. The van der Waals surface area contributed by atoms with Crippen LogP contribution in [0.25, 0.3) is 0 Å². The Kier molecular flexibility index (Phi) is 7.97. The summed E-state index contributed by atoms with van der Waals surface area (Å²) in [5, 5.41) is 57.5. The normalized spacial score (nSPS) is 23.2. The van der Waals surface area contributed by atoms with Crippen LogP contribution >= 0.6 is 12.2 Å². The van der Waals surface area contributed by atoms with Gasteiger partial charge in [0.15, 0.2) is 10.7 Å². The number of rotatable bonds is 6. The average molecular weight is 675 g/mol. The van der Waals surface area contributed by atoms with Gasteiger partial charge in [-0.3, -0.25) is 0 Å². The number of benzene rings is 4. The van der Waals surface area contributed by atoms with Gasteiger partial charge in [-0.05, 0) is 72.9 Å². The first kappa shape index (κ1) is 31.5. The SMILES string of the molecule is COc1ccc(OC2OC(CO)C(O)C(O)C2NC(=S)Nc2ccc3c(c2)C(=O)OC32c3ccc(O)cc3Oc3cc(O)ccc32)cc1. The predicted molar refractivity (Wildman–Crippen MR) is 173 cm³/mol. The fraction of sp³-hybridized carbons (Fsp3) is 0.235. The van der Waals surface area contributed by atoms with Gasteiger partial charge in [-0.15, -0.1) is 0 Å². The summed E-state index contributed by atoms with van der Waals surface area (Å²) in [6.45, 7) is -0.563. The summed E-state index contributed by atoms with van der Waals surface area (Å²) in [6.07, 6.45) is -5.21. The number of carbonyl (C=O) groups is 1. The summed E-state index contributed by atoms with van der Waals surface area (Å²) in [7, 11) is 1.53. The Labute approximate surface area is 278 Å². The van der Waals surface area contributed by atoms with Gasteiger partial charge < -0.3 is 59.9 Å². The van der Waals surface area contributed by atoms with Crippen molar-refractivity contribution in [3.63, 3.8) is 0 Å². The number of aliphatic hydroxyl groups excluding tert-OH is 3. The molecule has 4 aromatic carbocycles. The molecular weight excluding hydrogens is 644 g/mol. The minimum absolute atomic E-state index is 0.00867. The summed E-state index contributed by atoms with van der Waals surface area (Å²) >= 11 is 5.55. The highest BCUT2D eigenvalue weighted by atomic mass is 32.1. The Bertz CT molecular complexity index is 1850. The van der Waals surface area contributed by atoms with Crippen LogP contribution in [0.5, 0.6) is 34.5 Å². The molecule has 0 saturated carbocycles. The lowest BCUT2D eigenvalue weighted by molar-refractivity contribution is -0.242. The molecule has 0 bridgehead atoms. The summed E-state index contributed by atoms with van der Waals surface area (Å²) in [4.78, 5) is 13.5. The number of methoxy groups -OCH3 is 1. The van der Waals surface area contributed by atoms with E-state index in [4.69, 9.17) is 35.9 Å². The van der Waals surface area contributed by atoms with Gasteiger partial charge in [-0.1, -0.05) is 6.07 Å².